The van der Waals surface area contributed by atoms with E-state index in [1.165, 1.54) is 5.56 Å². The van der Waals surface area contributed by atoms with Gasteiger partial charge in [-0.15, -0.1) is 0 Å². The summed E-state index contributed by atoms with van der Waals surface area (Å²) in [7, 11) is 0. The smallest absolute Gasteiger partial charge is 0.258 e. The number of anilines is 2. The number of nitrogens with zero attached hydrogens (tertiary/aromatic N) is 2. The Balaban J connectivity index is 1.49. The van der Waals surface area contributed by atoms with Crippen LogP contribution in [0, 0.1) is 11.3 Å². The van der Waals surface area contributed by atoms with Gasteiger partial charge in [0.15, 0.2) is 0 Å². The van der Waals surface area contributed by atoms with E-state index in [9.17, 15) is 10.1 Å². The van der Waals surface area contributed by atoms with Crippen LogP contribution in [-0.2, 0) is 16.1 Å². The van der Waals surface area contributed by atoms with Gasteiger partial charge >= 0.3 is 0 Å². The molecule has 0 spiro atoms. The normalized spacial score (nSPS) is 17.1. The molecule has 5 rings (SSSR count). The number of fused-ring (bicyclic) bond motifs is 1. The highest BCUT2D eigenvalue weighted by Gasteiger charge is 2.28. The molecular weight excluding hydrogens is 412 g/mol. The fourth-order valence-corrected chi connectivity index (χ4v) is 4.22. The SMILES string of the molecule is N#Cc1ccc2c(c1)/C(=C(/Nc1ccc(CN3CCOCC3)cc1)c1ccccc1)C(=O)N2. The molecule has 6 heteroatoms. The third-order valence-electron chi connectivity index (χ3n) is 5.94. The van der Waals surface area contributed by atoms with E-state index in [-0.39, 0.29) is 5.91 Å². The number of rotatable bonds is 5. The van der Waals surface area contributed by atoms with Crippen molar-refractivity contribution in [3.63, 3.8) is 0 Å². The Bertz CT molecular complexity index is 1240. The minimum atomic E-state index is -0.185. The number of nitrogens with one attached hydrogen (secondary N) is 2. The minimum Gasteiger partial charge on any atom is -0.379 e. The summed E-state index contributed by atoms with van der Waals surface area (Å²) in [5.74, 6) is -0.185. The largest absolute Gasteiger partial charge is 0.379 e. The van der Waals surface area contributed by atoms with E-state index in [1.54, 1.807) is 18.2 Å². The van der Waals surface area contributed by atoms with E-state index in [4.69, 9.17) is 4.74 Å². The second-order valence-electron chi connectivity index (χ2n) is 8.15. The molecule has 164 valence electrons. The number of hydrogen-bond donors (Lipinski definition) is 2. The molecular formula is C27H24N4O2. The lowest BCUT2D eigenvalue weighted by Gasteiger charge is -2.26. The minimum absolute atomic E-state index is 0.185. The standard InChI is InChI=1S/C27H24N4O2/c28-17-20-8-11-24-23(16-20)25(27(32)30-24)26(21-4-2-1-3-5-21)29-22-9-6-19(7-10-22)18-31-12-14-33-15-13-31/h1-11,16,29H,12-15,18H2,(H,30,32)/b26-25-. The summed E-state index contributed by atoms with van der Waals surface area (Å²) in [4.78, 5) is 15.4. The number of carbonyl (C=O) groups excluding carboxylic acids is 1. The van der Waals surface area contributed by atoms with Gasteiger partial charge < -0.3 is 15.4 Å². The Kier molecular flexibility index (Phi) is 5.90. The fourth-order valence-electron chi connectivity index (χ4n) is 4.22. The topological polar surface area (TPSA) is 77.4 Å². The molecule has 1 fully saturated rings. The number of hydrogen-bond acceptors (Lipinski definition) is 5. The average Bonchev–Trinajstić information content (AvgIpc) is 3.19. The molecule has 2 aliphatic heterocycles. The number of nitriles is 1. The van der Waals surface area contributed by atoms with Crippen LogP contribution in [0.1, 0.15) is 22.3 Å². The zero-order chi connectivity index (χ0) is 22.6. The second-order valence-corrected chi connectivity index (χ2v) is 8.15. The van der Waals surface area contributed by atoms with Crippen LogP contribution in [0.2, 0.25) is 0 Å². The van der Waals surface area contributed by atoms with Crippen LogP contribution in [-0.4, -0.2) is 37.1 Å². The number of morpholine rings is 1. The van der Waals surface area contributed by atoms with E-state index in [2.05, 4.69) is 33.7 Å². The maximum atomic E-state index is 13.0. The van der Waals surface area contributed by atoms with Crippen molar-refractivity contribution in [2.24, 2.45) is 0 Å². The first-order chi connectivity index (χ1) is 16.2. The van der Waals surface area contributed by atoms with Gasteiger partial charge in [-0.05, 0) is 41.5 Å². The van der Waals surface area contributed by atoms with E-state index in [0.29, 0.717) is 22.5 Å². The fraction of sp³-hybridized carbons (Fsp3) is 0.185. The van der Waals surface area contributed by atoms with Crippen LogP contribution >= 0.6 is 0 Å². The van der Waals surface area contributed by atoms with E-state index in [1.807, 2.05) is 42.5 Å². The van der Waals surface area contributed by atoms with Crippen LogP contribution in [0.4, 0.5) is 11.4 Å². The van der Waals surface area contributed by atoms with Crippen molar-refractivity contribution < 1.29 is 9.53 Å². The quantitative estimate of drug-likeness (QED) is 0.583. The molecule has 3 aromatic carbocycles. The average molecular weight is 437 g/mol. The lowest BCUT2D eigenvalue weighted by molar-refractivity contribution is -0.110. The molecule has 2 aliphatic rings. The van der Waals surface area contributed by atoms with Gasteiger partial charge in [0.05, 0.1) is 36.1 Å². The van der Waals surface area contributed by atoms with Gasteiger partial charge in [-0.1, -0.05) is 42.5 Å². The van der Waals surface area contributed by atoms with Crippen molar-refractivity contribution in [1.29, 1.82) is 5.26 Å². The summed E-state index contributed by atoms with van der Waals surface area (Å²) in [6.45, 7) is 4.35. The maximum absolute atomic E-state index is 13.0. The Labute approximate surface area is 193 Å². The van der Waals surface area contributed by atoms with Gasteiger partial charge in [-0.3, -0.25) is 9.69 Å². The molecule has 0 radical (unpaired) electrons. The highest BCUT2D eigenvalue weighted by molar-refractivity contribution is 6.37. The van der Waals surface area contributed by atoms with Crippen LogP contribution in [0.3, 0.4) is 0 Å². The molecule has 1 saturated heterocycles. The van der Waals surface area contributed by atoms with E-state index in [0.717, 1.165) is 49.7 Å². The third kappa shape index (κ3) is 4.51. The Morgan fingerprint density at radius 2 is 1.79 bits per heavy atom. The molecule has 2 N–H and O–H groups in total. The van der Waals surface area contributed by atoms with Gasteiger partial charge in [0.1, 0.15) is 0 Å². The first-order valence-corrected chi connectivity index (χ1v) is 11.0. The molecule has 33 heavy (non-hydrogen) atoms. The second kappa shape index (κ2) is 9.29. The summed E-state index contributed by atoms with van der Waals surface area (Å²) in [6, 6.07) is 25.5. The van der Waals surface area contributed by atoms with E-state index >= 15 is 0 Å². The summed E-state index contributed by atoms with van der Waals surface area (Å²) < 4.78 is 5.43. The molecule has 0 unspecified atom stereocenters. The van der Waals surface area contributed by atoms with Gasteiger partial charge in [0.25, 0.3) is 5.91 Å². The zero-order valence-corrected chi connectivity index (χ0v) is 18.2. The van der Waals surface area contributed by atoms with Crippen LogP contribution in [0.5, 0.6) is 0 Å². The highest BCUT2D eigenvalue weighted by atomic mass is 16.5. The maximum Gasteiger partial charge on any atom is 0.258 e. The molecule has 6 nitrogen and oxygen atoms in total. The monoisotopic (exact) mass is 436 g/mol. The van der Waals surface area contributed by atoms with E-state index < -0.39 is 0 Å². The molecule has 0 atom stereocenters. The number of amides is 1. The molecule has 1 amide bonds. The summed E-state index contributed by atoms with van der Waals surface area (Å²) in [6.07, 6.45) is 0. The lowest BCUT2D eigenvalue weighted by Crippen LogP contribution is -2.35. The lowest BCUT2D eigenvalue weighted by atomic mass is 9.98. The first kappa shape index (κ1) is 21.0. The van der Waals surface area contributed by atoms with Crippen LogP contribution < -0.4 is 10.6 Å². The van der Waals surface area contributed by atoms with Crippen molar-refractivity contribution in [1.82, 2.24) is 4.90 Å². The van der Waals surface area contributed by atoms with Gasteiger partial charge in [-0.2, -0.15) is 5.26 Å². The predicted molar refractivity (Wildman–Crippen MR) is 129 cm³/mol. The van der Waals surface area contributed by atoms with Crippen LogP contribution in [0.15, 0.2) is 72.8 Å². The molecule has 2 heterocycles. The van der Waals surface area contributed by atoms with Gasteiger partial charge in [0, 0.05) is 36.6 Å². The number of benzene rings is 3. The Morgan fingerprint density at radius 3 is 2.52 bits per heavy atom. The van der Waals surface area contributed by atoms with Crippen molar-refractivity contribution >= 4 is 28.6 Å². The molecule has 0 aliphatic carbocycles. The third-order valence-corrected chi connectivity index (χ3v) is 5.94. The van der Waals surface area contributed by atoms with Crippen molar-refractivity contribution in [2.45, 2.75) is 6.54 Å². The zero-order valence-electron chi connectivity index (χ0n) is 18.2. The molecule has 0 bridgehead atoms. The Hall–Kier alpha value is -3.92. The summed E-state index contributed by atoms with van der Waals surface area (Å²) in [5, 5.41) is 15.8. The van der Waals surface area contributed by atoms with Crippen molar-refractivity contribution in [3.8, 4) is 6.07 Å². The van der Waals surface area contributed by atoms with Gasteiger partial charge in [-0.25, -0.2) is 0 Å². The molecule has 3 aromatic rings. The van der Waals surface area contributed by atoms with Crippen LogP contribution in [0.25, 0.3) is 11.3 Å². The number of ether oxygens (including phenoxy) is 1. The molecule has 0 saturated carbocycles. The van der Waals surface area contributed by atoms with Gasteiger partial charge in [0.2, 0.25) is 0 Å². The first-order valence-electron chi connectivity index (χ1n) is 11.0. The summed E-state index contributed by atoms with van der Waals surface area (Å²) in [5.41, 5.74) is 6.23. The van der Waals surface area contributed by atoms with Crippen molar-refractivity contribution in [3.05, 3.63) is 95.1 Å². The summed E-state index contributed by atoms with van der Waals surface area (Å²) >= 11 is 0. The molecule has 0 aromatic heterocycles. The van der Waals surface area contributed by atoms with Crippen molar-refractivity contribution in [2.75, 3.05) is 36.9 Å². The predicted octanol–water partition coefficient (Wildman–Crippen LogP) is 4.32. The Morgan fingerprint density at radius 1 is 1.03 bits per heavy atom. The highest BCUT2D eigenvalue weighted by Crippen LogP contribution is 2.38. The number of carbonyl (C=O) groups is 1.